The number of hydrogen-bond donors (Lipinski definition) is 3. The summed E-state index contributed by atoms with van der Waals surface area (Å²) >= 11 is 0. The molecule has 1 aliphatic carbocycles. The summed E-state index contributed by atoms with van der Waals surface area (Å²) in [6.45, 7) is 0. The molecule has 6 heteroatoms. The van der Waals surface area contributed by atoms with Crippen molar-refractivity contribution in [3.63, 3.8) is 0 Å². The van der Waals surface area contributed by atoms with Crippen molar-refractivity contribution >= 4 is 11.5 Å². The van der Waals surface area contributed by atoms with Crippen LogP contribution in [0.3, 0.4) is 0 Å². The maximum absolute atomic E-state index is 9.14. The lowest BCUT2D eigenvalue weighted by molar-refractivity contribution is 0.0835. The normalized spacial score (nSPS) is 24.4. The van der Waals surface area contributed by atoms with Crippen LogP contribution in [0.4, 0.5) is 11.5 Å². The second kappa shape index (κ2) is 3.90. The Morgan fingerprint density at radius 1 is 1.53 bits per heavy atom. The summed E-state index contributed by atoms with van der Waals surface area (Å²) in [7, 11) is 1.51. The summed E-state index contributed by atoms with van der Waals surface area (Å²) in [5.74, 6) is 0.936. The molecule has 0 atom stereocenters. The minimum absolute atomic E-state index is 0.201. The van der Waals surface area contributed by atoms with E-state index in [9.17, 15) is 0 Å². The third-order valence-electron chi connectivity index (χ3n) is 2.49. The molecule has 0 spiro atoms. The molecule has 0 amide bonds. The van der Waals surface area contributed by atoms with Crippen LogP contribution in [-0.4, -0.2) is 34.3 Å². The van der Waals surface area contributed by atoms with Crippen LogP contribution < -0.4 is 15.8 Å². The monoisotopic (exact) mass is 210 g/mol. The third kappa shape index (κ3) is 1.94. The van der Waals surface area contributed by atoms with Gasteiger partial charge < -0.3 is 20.9 Å². The van der Waals surface area contributed by atoms with Gasteiger partial charge in [-0.3, -0.25) is 0 Å². The fraction of sp³-hybridized carbons (Fsp3) is 0.556. The van der Waals surface area contributed by atoms with Crippen LogP contribution >= 0.6 is 0 Å². The van der Waals surface area contributed by atoms with E-state index in [2.05, 4.69) is 15.3 Å². The van der Waals surface area contributed by atoms with Gasteiger partial charge in [0, 0.05) is 6.04 Å². The van der Waals surface area contributed by atoms with Crippen LogP contribution in [0.25, 0.3) is 0 Å². The largest absolute Gasteiger partial charge is 0.479 e. The number of nitrogens with one attached hydrogen (secondary N) is 1. The molecule has 1 heterocycles. The average molecular weight is 210 g/mol. The fourth-order valence-corrected chi connectivity index (χ4v) is 1.56. The lowest BCUT2D eigenvalue weighted by atomic mass is 9.89. The minimum Gasteiger partial charge on any atom is -0.479 e. The van der Waals surface area contributed by atoms with E-state index < -0.39 is 0 Å². The second-order valence-corrected chi connectivity index (χ2v) is 3.61. The molecule has 0 unspecified atom stereocenters. The van der Waals surface area contributed by atoms with Crippen LogP contribution in [-0.2, 0) is 0 Å². The molecule has 0 aromatic carbocycles. The second-order valence-electron chi connectivity index (χ2n) is 3.61. The maximum atomic E-state index is 9.14. The Morgan fingerprint density at radius 3 is 2.87 bits per heavy atom. The standard InChI is InChI=1S/C9H14N4O2/c1-15-9-7(10)8(11-4-12-9)13-5-2-6(14)3-5/h4-6,14H,2-3,10H2,1H3,(H,11,12,13). The average Bonchev–Trinajstić information content (AvgIpc) is 2.18. The molecule has 4 N–H and O–H groups in total. The fourth-order valence-electron chi connectivity index (χ4n) is 1.56. The molecular weight excluding hydrogens is 196 g/mol. The van der Waals surface area contributed by atoms with E-state index in [1.807, 2.05) is 0 Å². The van der Waals surface area contributed by atoms with Gasteiger partial charge in [-0.1, -0.05) is 0 Å². The zero-order valence-corrected chi connectivity index (χ0v) is 8.47. The molecule has 1 aliphatic rings. The highest BCUT2D eigenvalue weighted by atomic mass is 16.5. The van der Waals surface area contributed by atoms with E-state index in [0.29, 0.717) is 17.4 Å². The van der Waals surface area contributed by atoms with Gasteiger partial charge in [0.15, 0.2) is 5.82 Å². The SMILES string of the molecule is COc1ncnc(NC2CC(O)C2)c1N. The quantitative estimate of drug-likeness (QED) is 0.650. The van der Waals surface area contributed by atoms with Crippen molar-refractivity contribution in [1.82, 2.24) is 9.97 Å². The Hall–Kier alpha value is -1.56. The first kappa shape index (κ1) is 9.97. The van der Waals surface area contributed by atoms with E-state index in [-0.39, 0.29) is 12.1 Å². The summed E-state index contributed by atoms with van der Waals surface area (Å²) in [6, 6.07) is 0.238. The molecule has 0 radical (unpaired) electrons. The van der Waals surface area contributed by atoms with Gasteiger partial charge in [0.2, 0.25) is 5.88 Å². The maximum Gasteiger partial charge on any atom is 0.242 e. The molecule has 0 aliphatic heterocycles. The van der Waals surface area contributed by atoms with Crippen molar-refractivity contribution in [1.29, 1.82) is 0 Å². The zero-order chi connectivity index (χ0) is 10.8. The van der Waals surface area contributed by atoms with Gasteiger partial charge >= 0.3 is 0 Å². The molecule has 15 heavy (non-hydrogen) atoms. The highest BCUT2D eigenvalue weighted by Gasteiger charge is 2.28. The minimum atomic E-state index is -0.201. The van der Waals surface area contributed by atoms with Crippen molar-refractivity contribution < 1.29 is 9.84 Å². The van der Waals surface area contributed by atoms with Gasteiger partial charge in [-0.25, -0.2) is 4.98 Å². The lowest BCUT2D eigenvalue weighted by Crippen LogP contribution is -2.39. The number of nitrogens with zero attached hydrogens (tertiary/aromatic N) is 2. The first-order valence-corrected chi connectivity index (χ1v) is 4.79. The first-order valence-electron chi connectivity index (χ1n) is 4.79. The molecule has 1 aromatic rings. The van der Waals surface area contributed by atoms with Crippen molar-refractivity contribution in [2.75, 3.05) is 18.2 Å². The number of rotatable bonds is 3. The Balaban J connectivity index is 2.07. The smallest absolute Gasteiger partial charge is 0.242 e. The van der Waals surface area contributed by atoms with Gasteiger partial charge in [-0.2, -0.15) is 4.98 Å². The number of ether oxygens (including phenoxy) is 1. The molecule has 6 nitrogen and oxygen atoms in total. The number of aliphatic hydroxyl groups is 1. The number of methoxy groups -OCH3 is 1. The van der Waals surface area contributed by atoms with Crippen LogP contribution in [0, 0.1) is 0 Å². The predicted molar refractivity (Wildman–Crippen MR) is 55.6 cm³/mol. The topological polar surface area (TPSA) is 93.3 Å². The van der Waals surface area contributed by atoms with E-state index in [4.69, 9.17) is 15.6 Å². The van der Waals surface area contributed by atoms with Crippen molar-refractivity contribution in [3.8, 4) is 5.88 Å². The highest BCUT2D eigenvalue weighted by molar-refractivity contribution is 5.66. The van der Waals surface area contributed by atoms with E-state index >= 15 is 0 Å². The van der Waals surface area contributed by atoms with E-state index in [0.717, 1.165) is 12.8 Å². The number of hydrogen-bond acceptors (Lipinski definition) is 6. The molecule has 1 saturated carbocycles. The Labute approximate surface area is 87.5 Å². The Bertz CT molecular complexity index is 352. The van der Waals surface area contributed by atoms with Gasteiger partial charge in [-0.15, -0.1) is 0 Å². The van der Waals surface area contributed by atoms with Crippen LogP contribution in [0.2, 0.25) is 0 Å². The van der Waals surface area contributed by atoms with Crippen molar-refractivity contribution in [2.45, 2.75) is 25.0 Å². The predicted octanol–water partition coefficient (Wildman–Crippen LogP) is 0.00260. The van der Waals surface area contributed by atoms with Crippen molar-refractivity contribution in [3.05, 3.63) is 6.33 Å². The number of nitrogens with two attached hydrogens (primary N) is 1. The Kier molecular flexibility index (Phi) is 2.59. The molecule has 2 rings (SSSR count). The van der Waals surface area contributed by atoms with Crippen LogP contribution in [0.5, 0.6) is 5.88 Å². The summed E-state index contributed by atoms with van der Waals surface area (Å²) in [5, 5.41) is 12.3. The number of aliphatic hydroxyl groups excluding tert-OH is 1. The molecule has 0 saturated heterocycles. The summed E-state index contributed by atoms with van der Waals surface area (Å²) in [5.41, 5.74) is 6.18. The Morgan fingerprint density at radius 2 is 2.27 bits per heavy atom. The van der Waals surface area contributed by atoms with Gasteiger partial charge in [-0.05, 0) is 12.8 Å². The van der Waals surface area contributed by atoms with Gasteiger partial charge in [0.1, 0.15) is 12.0 Å². The number of anilines is 2. The van der Waals surface area contributed by atoms with Crippen LogP contribution in [0.15, 0.2) is 6.33 Å². The molecule has 1 fully saturated rings. The third-order valence-corrected chi connectivity index (χ3v) is 2.49. The summed E-state index contributed by atoms with van der Waals surface area (Å²) in [6.07, 6.45) is 2.65. The molecule has 1 aromatic heterocycles. The molecular formula is C9H14N4O2. The van der Waals surface area contributed by atoms with Crippen LogP contribution in [0.1, 0.15) is 12.8 Å². The van der Waals surface area contributed by atoms with Crippen molar-refractivity contribution in [2.24, 2.45) is 0 Å². The number of nitrogen functional groups attached to an aromatic ring is 1. The van der Waals surface area contributed by atoms with E-state index in [1.165, 1.54) is 13.4 Å². The zero-order valence-electron chi connectivity index (χ0n) is 8.47. The van der Waals surface area contributed by atoms with Gasteiger partial charge in [0.25, 0.3) is 0 Å². The highest BCUT2D eigenvalue weighted by Crippen LogP contribution is 2.29. The van der Waals surface area contributed by atoms with E-state index in [1.54, 1.807) is 0 Å². The summed E-state index contributed by atoms with van der Waals surface area (Å²) in [4.78, 5) is 7.90. The van der Waals surface area contributed by atoms with Gasteiger partial charge in [0.05, 0.1) is 13.2 Å². The summed E-state index contributed by atoms with van der Waals surface area (Å²) < 4.78 is 4.97. The lowest BCUT2D eigenvalue weighted by Gasteiger charge is -2.32. The first-order chi connectivity index (χ1) is 7.20. The molecule has 0 bridgehead atoms. The molecule has 82 valence electrons. The number of aromatic nitrogens is 2.